The van der Waals surface area contributed by atoms with E-state index >= 15 is 0 Å². The maximum atomic E-state index is 9.77. The van der Waals surface area contributed by atoms with E-state index in [-0.39, 0.29) is 18.3 Å². The Kier molecular flexibility index (Phi) is 5.63. The maximum absolute atomic E-state index is 9.77. The molecule has 0 saturated heterocycles. The molecule has 112 valence electrons. The van der Waals surface area contributed by atoms with Gasteiger partial charge in [-0.2, -0.15) is 0 Å². The fourth-order valence-corrected chi connectivity index (χ4v) is 3.41. The molecule has 4 heteroatoms. The molecule has 0 spiro atoms. The molecule has 0 radical (unpaired) electrons. The molecule has 5 atom stereocenters. The minimum absolute atomic E-state index is 0.0642. The minimum Gasteiger partial charge on any atom is -0.390 e. The number of aliphatic hydroxyl groups is 1. The van der Waals surface area contributed by atoms with Crippen molar-refractivity contribution in [3.05, 3.63) is 0 Å². The zero-order valence-corrected chi connectivity index (χ0v) is 12.4. The van der Waals surface area contributed by atoms with Crippen LogP contribution in [0.4, 0.5) is 0 Å². The normalized spacial score (nSPS) is 42.9. The molecular formula is C15H28O4. The van der Waals surface area contributed by atoms with Crippen molar-refractivity contribution >= 4 is 0 Å². The second-order valence-electron chi connectivity index (χ2n) is 6.35. The smallest absolute Gasteiger partial charge is 0.110 e. The molecule has 0 aromatic heterocycles. The van der Waals surface area contributed by atoms with Crippen LogP contribution in [0.5, 0.6) is 0 Å². The summed E-state index contributed by atoms with van der Waals surface area (Å²) in [7, 11) is 1.65. The summed E-state index contributed by atoms with van der Waals surface area (Å²) in [5.41, 5.74) is 0. The van der Waals surface area contributed by atoms with Crippen molar-refractivity contribution in [2.45, 2.75) is 63.9 Å². The second kappa shape index (κ2) is 7.02. The number of aliphatic hydroxyl groups excluding tert-OH is 1. The van der Waals surface area contributed by atoms with Crippen LogP contribution in [0.2, 0.25) is 0 Å². The third-order valence-corrected chi connectivity index (χ3v) is 4.32. The molecular weight excluding hydrogens is 244 g/mol. The Bertz CT molecular complexity index is 261. The van der Waals surface area contributed by atoms with Gasteiger partial charge < -0.3 is 19.3 Å². The second-order valence-corrected chi connectivity index (χ2v) is 6.35. The Morgan fingerprint density at radius 3 is 2.26 bits per heavy atom. The van der Waals surface area contributed by atoms with Crippen LogP contribution in [-0.4, -0.2) is 49.8 Å². The van der Waals surface area contributed by atoms with Crippen LogP contribution in [0.1, 0.15) is 39.5 Å². The first kappa shape index (κ1) is 15.2. The van der Waals surface area contributed by atoms with Gasteiger partial charge in [0, 0.05) is 13.5 Å². The van der Waals surface area contributed by atoms with Crippen molar-refractivity contribution in [1.82, 2.24) is 0 Å². The monoisotopic (exact) mass is 272 g/mol. The fraction of sp³-hybridized carbons (Fsp3) is 1.00. The first-order chi connectivity index (χ1) is 9.10. The molecule has 0 aliphatic heterocycles. The number of methoxy groups -OCH3 is 1. The van der Waals surface area contributed by atoms with E-state index in [2.05, 4.69) is 13.8 Å². The van der Waals surface area contributed by atoms with Crippen LogP contribution in [0.15, 0.2) is 0 Å². The van der Waals surface area contributed by atoms with Crippen molar-refractivity contribution in [2.24, 2.45) is 11.8 Å². The Morgan fingerprint density at radius 2 is 1.68 bits per heavy atom. The molecule has 0 heterocycles. The van der Waals surface area contributed by atoms with Gasteiger partial charge in [-0.05, 0) is 31.1 Å². The molecule has 2 rings (SSSR count). The minimum atomic E-state index is -0.375. The Morgan fingerprint density at radius 1 is 1.00 bits per heavy atom. The van der Waals surface area contributed by atoms with Gasteiger partial charge in [0.2, 0.25) is 0 Å². The lowest BCUT2D eigenvalue weighted by atomic mass is 9.81. The molecule has 4 nitrogen and oxygen atoms in total. The molecule has 0 bridgehead atoms. The van der Waals surface area contributed by atoms with Gasteiger partial charge in [-0.1, -0.05) is 13.8 Å². The third kappa shape index (κ3) is 4.15. The number of ether oxygens (including phenoxy) is 3. The molecule has 0 aromatic carbocycles. The van der Waals surface area contributed by atoms with Crippen LogP contribution in [0, 0.1) is 11.8 Å². The molecule has 5 unspecified atom stereocenters. The standard InChI is InChI=1S/C15H28O4/c1-10-6-11(2)8-12(7-10)19-14-9-13(16)15(14)18-5-4-17-3/h10-16H,4-9H2,1-3H3. The summed E-state index contributed by atoms with van der Waals surface area (Å²) in [5, 5.41) is 9.77. The van der Waals surface area contributed by atoms with E-state index in [4.69, 9.17) is 14.2 Å². The van der Waals surface area contributed by atoms with Gasteiger partial charge in [-0.15, -0.1) is 0 Å². The predicted molar refractivity (Wildman–Crippen MR) is 73.1 cm³/mol. The van der Waals surface area contributed by atoms with Gasteiger partial charge in [0.25, 0.3) is 0 Å². The number of hydrogen-bond donors (Lipinski definition) is 1. The Hall–Kier alpha value is -0.160. The number of hydrogen-bond acceptors (Lipinski definition) is 4. The van der Waals surface area contributed by atoms with Crippen molar-refractivity contribution in [1.29, 1.82) is 0 Å². The molecule has 0 aromatic rings. The van der Waals surface area contributed by atoms with Crippen molar-refractivity contribution in [2.75, 3.05) is 20.3 Å². The molecule has 2 aliphatic rings. The topological polar surface area (TPSA) is 47.9 Å². The van der Waals surface area contributed by atoms with Gasteiger partial charge in [-0.25, -0.2) is 0 Å². The highest BCUT2D eigenvalue weighted by atomic mass is 16.6. The van der Waals surface area contributed by atoms with Crippen molar-refractivity contribution < 1.29 is 19.3 Å². The van der Waals surface area contributed by atoms with E-state index in [0.29, 0.717) is 25.7 Å². The average Bonchev–Trinajstić information content (AvgIpc) is 2.33. The van der Waals surface area contributed by atoms with E-state index < -0.39 is 0 Å². The van der Waals surface area contributed by atoms with Gasteiger partial charge in [-0.3, -0.25) is 0 Å². The van der Waals surface area contributed by atoms with Crippen LogP contribution >= 0.6 is 0 Å². The molecule has 2 saturated carbocycles. The summed E-state index contributed by atoms with van der Waals surface area (Å²) in [4.78, 5) is 0. The first-order valence-corrected chi connectivity index (χ1v) is 7.54. The van der Waals surface area contributed by atoms with E-state index in [1.54, 1.807) is 7.11 Å². The lowest BCUT2D eigenvalue weighted by molar-refractivity contribution is -0.215. The van der Waals surface area contributed by atoms with Gasteiger partial charge >= 0.3 is 0 Å². The van der Waals surface area contributed by atoms with Crippen LogP contribution in [0.3, 0.4) is 0 Å². The Balaban J connectivity index is 1.75. The predicted octanol–water partition coefficient (Wildman–Crippen LogP) is 1.99. The van der Waals surface area contributed by atoms with Crippen LogP contribution < -0.4 is 0 Å². The quantitative estimate of drug-likeness (QED) is 0.751. The van der Waals surface area contributed by atoms with E-state index in [1.165, 1.54) is 6.42 Å². The summed E-state index contributed by atoms with van der Waals surface area (Å²) in [6.45, 7) is 5.69. The lowest BCUT2D eigenvalue weighted by Crippen LogP contribution is -2.55. The van der Waals surface area contributed by atoms with E-state index in [9.17, 15) is 5.11 Å². The zero-order valence-electron chi connectivity index (χ0n) is 12.4. The van der Waals surface area contributed by atoms with E-state index in [1.807, 2.05) is 0 Å². The Labute approximate surface area is 116 Å². The van der Waals surface area contributed by atoms with Crippen molar-refractivity contribution in [3.63, 3.8) is 0 Å². The fourth-order valence-electron chi connectivity index (χ4n) is 3.41. The zero-order chi connectivity index (χ0) is 13.8. The molecule has 2 fully saturated rings. The van der Waals surface area contributed by atoms with Gasteiger partial charge in [0.05, 0.1) is 31.5 Å². The highest BCUT2D eigenvalue weighted by Crippen LogP contribution is 2.35. The highest BCUT2D eigenvalue weighted by molar-refractivity contribution is 4.93. The first-order valence-electron chi connectivity index (χ1n) is 7.54. The highest BCUT2D eigenvalue weighted by Gasteiger charge is 2.43. The third-order valence-electron chi connectivity index (χ3n) is 4.32. The summed E-state index contributed by atoms with van der Waals surface area (Å²) >= 11 is 0. The number of rotatable bonds is 6. The van der Waals surface area contributed by atoms with Gasteiger partial charge in [0.1, 0.15) is 6.10 Å². The molecule has 2 aliphatic carbocycles. The maximum Gasteiger partial charge on any atom is 0.110 e. The van der Waals surface area contributed by atoms with Crippen LogP contribution in [0.25, 0.3) is 0 Å². The largest absolute Gasteiger partial charge is 0.390 e. The van der Waals surface area contributed by atoms with Gasteiger partial charge in [0.15, 0.2) is 0 Å². The average molecular weight is 272 g/mol. The summed E-state index contributed by atoms with van der Waals surface area (Å²) in [6.07, 6.45) is 4.16. The summed E-state index contributed by atoms with van der Waals surface area (Å²) in [5.74, 6) is 1.48. The van der Waals surface area contributed by atoms with E-state index in [0.717, 1.165) is 24.7 Å². The SMILES string of the molecule is COCCOC1C(O)CC1OC1CC(C)CC(C)C1. The summed E-state index contributed by atoms with van der Waals surface area (Å²) in [6, 6.07) is 0. The summed E-state index contributed by atoms with van der Waals surface area (Å²) < 4.78 is 16.8. The lowest BCUT2D eigenvalue weighted by Gasteiger charge is -2.44. The molecule has 19 heavy (non-hydrogen) atoms. The van der Waals surface area contributed by atoms with Crippen LogP contribution in [-0.2, 0) is 14.2 Å². The van der Waals surface area contributed by atoms with Crippen molar-refractivity contribution in [3.8, 4) is 0 Å². The molecule has 1 N–H and O–H groups in total. The molecule has 0 amide bonds.